The van der Waals surface area contributed by atoms with Crippen LogP contribution in [0.25, 0.3) is 0 Å². The highest BCUT2D eigenvalue weighted by molar-refractivity contribution is 4.98. The first-order valence-electron chi connectivity index (χ1n) is 6.91. The Hall–Kier alpha value is -0.520. The maximum atomic E-state index is 2.26. The standard InChI is InChI=1S/C7H16.C6H10.C3H8/c1-4-7(5-2)6-3;1-3-5-6-4-2;1-3-2/h7H,4-6H2,1-3H3;3-6H,1-2H3;3H2,1-2H3/b;5-3-,6-4-;. The van der Waals surface area contributed by atoms with Crippen molar-refractivity contribution in [2.24, 2.45) is 5.92 Å². The second-order valence-electron chi connectivity index (χ2n) is 3.85. The lowest BCUT2D eigenvalue weighted by Gasteiger charge is -2.05. The fourth-order valence-corrected chi connectivity index (χ4v) is 1.09. The van der Waals surface area contributed by atoms with Crippen molar-refractivity contribution in [3.05, 3.63) is 24.3 Å². The first-order valence-corrected chi connectivity index (χ1v) is 6.91. The van der Waals surface area contributed by atoms with Gasteiger partial charge in [-0.2, -0.15) is 0 Å². The van der Waals surface area contributed by atoms with E-state index in [0.717, 1.165) is 5.92 Å². The lowest BCUT2D eigenvalue weighted by atomic mass is 10.0. The van der Waals surface area contributed by atoms with Crippen LogP contribution in [-0.2, 0) is 0 Å². The zero-order chi connectivity index (χ0) is 13.2. The highest BCUT2D eigenvalue weighted by atomic mass is 14.0. The summed E-state index contributed by atoms with van der Waals surface area (Å²) in [6.45, 7) is 15.0. The molecule has 0 bridgehead atoms. The van der Waals surface area contributed by atoms with Gasteiger partial charge in [0.15, 0.2) is 0 Å². The van der Waals surface area contributed by atoms with Crippen LogP contribution < -0.4 is 0 Å². The van der Waals surface area contributed by atoms with Crippen molar-refractivity contribution < 1.29 is 0 Å². The largest absolute Gasteiger partial charge is 0.0877 e. The SMILES string of the molecule is C/C=C\C=C/C.CCC.CCC(CC)CC. The van der Waals surface area contributed by atoms with Crippen molar-refractivity contribution in [1.29, 1.82) is 0 Å². The molecule has 0 N–H and O–H groups in total. The maximum Gasteiger partial charge on any atom is -0.0422 e. The Morgan fingerprint density at radius 3 is 1.00 bits per heavy atom. The Kier molecular flexibility index (Phi) is 31.2. The van der Waals surface area contributed by atoms with Gasteiger partial charge in [-0.15, -0.1) is 0 Å². The highest BCUT2D eigenvalue weighted by Gasteiger charge is 1.95. The van der Waals surface area contributed by atoms with Gasteiger partial charge in [0.1, 0.15) is 0 Å². The van der Waals surface area contributed by atoms with E-state index in [-0.39, 0.29) is 0 Å². The van der Waals surface area contributed by atoms with Crippen molar-refractivity contribution in [2.45, 2.75) is 74.1 Å². The maximum absolute atomic E-state index is 2.26. The number of rotatable bonds is 4. The average molecular weight is 226 g/mol. The van der Waals surface area contributed by atoms with Crippen LogP contribution in [0, 0.1) is 5.92 Å². The Labute approximate surface area is 105 Å². The average Bonchev–Trinajstić information content (AvgIpc) is 2.30. The molecule has 0 aliphatic rings. The summed E-state index contributed by atoms with van der Waals surface area (Å²) in [4.78, 5) is 0. The fraction of sp³-hybridized carbons (Fsp3) is 0.750. The van der Waals surface area contributed by atoms with Crippen molar-refractivity contribution in [2.75, 3.05) is 0 Å². The van der Waals surface area contributed by atoms with Crippen LogP contribution in [-0.4, -0.2) is 0 Å². The molecular formula is C16H34. The Morgan fingerprint density at radius 1 is 0.688 bits per heavy atom. The molecule has 0 fully saturated rings. The molecule has 0 amide bonds. The predicted molar refractivity (Wildman–Crippen MR) is 80.0 cm³/mol. The third-order valence-corrected chi connectivity index (χ3v) is 2.23. The molecule has 0 aromatic rings. The Bertz CT molecular complexity index is 111. The molecule has 0 aliphatic carbocycles. The van der Waals surface area contributed by atoms with E-state index in [1.54, 1.807) is 0 Å². The van der Waals surface area contributed by atoms with Crippen LogP contribution in [0.15, 0.2) is 24.3 Å². The van der Waals surface area contributed by atoms with Gasteiger partial charge in [-0.3, -0.25) is 0 Å². The molecule has 0 heterocycles. The van der Waals surface area contributed by atoms with Crippen LogP contribution >= 0.6 is 0 Å². The Balaban J connectivity index is -0.000000172. The molecular weight excluding hydrogens is 192 g/mol. The van der Waals surface area contributed by atoms with Gasteiger partial charge in [0, 0.05) is 0 Å². The lowest BCUT2D eigenvalue weighted by molar-refractivity contribution is 0.477. The topological polar surface area (TPSA) is 0 Å². The summed E-state index contributed by atoms with van der Waals surface area (Å²) in [7, 11) is 0. The zero-order valence-electron chi connectivity index (χ0n) is 12.7. The smallest absolute Gasteiger partial charge is 0.0422 e. The van der Waals surface area contributed by atoms with Gasteiger partial charge in [-0.1, -0.05) is 84.6 Å². The van der Waals surface area contributed by atoms with Gasteiger partial charge in [-0.05, 0) is 19.8 Å². The minimum Gasteiger partial charge on any atom is -0.0877 e. The summed E-state index contributed by atoms with van der Waals surface area (Å²) in [5.74, 6) is 0.986. The molecule has 16 heavy (non-hydrogen) atoms. The molecule has 0 nitrogen and oxygen atoms in total. The van der Waals surface area contributed by atoms with Crippen molar-refractivity contribution in [3.63, 3.8) is 0 Å². The summed E-state index contributed by atoms with van der Waals surface area (Å²) in [6, 6.07) is 0. The molecule has 0 radical (unpaired) electrons. The number of hydrogen-bond acceptors (Lipinski definition) is 0. The molecule has 0 unspecified atom stereocenters. The first kappa shape index (κ1) is 20.8. The summed E-state index contributed by atoms with van der Waals surface area (Å²) in [5.41, 5.74) is 0. The van der Waals surface area contributed by atoms with E-state index < -0.39 is 0 Å². The fourth-order valence-electron chi connectivity index (χ4n) is 1.09. The summed E-state index contributed by atoms with van der Waals surface area (Å²) in [5, 5.41) is 0. The van der Waals surface area contributed by atoms with E-state index >= 15 is 0 Å². The molecule has 0 rings (SSSR count). The van der Waals surface area contributed by atoms with E-state index in [0.29, 0.717) is 0 Å². The summed E-state index contributed by atoms with van der Waals surface area (Å²) < 4.78 is 0. The molecule has 0 saturated heterocycles. The molecule has 0 heteroatoms. The second-order valence-corrected chi connectivity index (χ2v) is 3.85. The van der Waals surface area contributed by atoms with Gasteiger partial charge in [-0.25, -0.2) is 0 Å². The van der Waals surface area contributed by atoms with Crippen molar-refractivity contribution in [3.8, 4) is 0 Å². The number of hydrogen-bond donors (Lipinski definition) is 0. The zero-order valence-corrected chi connectivity index (χ0v) is 12.7. The van der Waals surface area contributed by atoms with E-state index in [9.17, 15) is 0 Å². The van der Waals surface area contributed by atoms with E-state index in [1.807, 2.05) is 38.2 Å². The van der Waals surface area contributed by atoms with Gasteiger partial charge in [0.05, 0.1) is 0 Å². The van der Waals surface area contributed by atoms with Crippen LogP contribution in [0.4, 0.5) is 0 Å². The Morgan fingerprint density at radius 2 is 0.938 bits per heavy atom. The van der Waals surface area contributed by atoms with Crippen molar-refractivity contribution >= 4 is 0 Å². The molecule has 0 spiro atoms. The quantitative estimate of drug-likeness (QED) is 0.487. The highest BCUT2D eigenvalue weighted by Crippen LogP contribution is 2.09. The summed E-state index contributed by atoms with van der Waals surface area (Å²) >= 11 is 0. The van der Waals surface area contributed by atoms with E-state index in [4.69, 9.17) is 0 Å². The van der Waals surface area contributed by atoms with Gasteiger partial charge >= 0.3 is 0 Å². The van der Waals surface area contributed by atoms with Crippen LogP contribution in [0.3, 0.4) is 0 Å². The van der Waals surface area contributed by atoms with E-state index in [2.05, 4.69) is 34.6 Å². The van der Waals surface area contributed by atoms with E-state index in [1.165, 1.54) is 25.7 Å². The lowest BCUT2D eigenvalue weighted by Crippen LogP contribution is -1.91. The number of allylic oxidation sites excluding steroid dienone is 4. The third-order valence-electron chi connectivity index (χ3n) is 2.23. The normalized spacial score (nSPS) is 10.0. The van der Waals surface area contributed by atoms with Crippen LogP contribution in [0.2, 0.25) is 0 Å². The van der Waals surface area contributed by atoms with Gasteiger partial charge in [0.25, 0.3) is 0 Å². The molecule has 0 aromatic heterocycles. The first-order chi connectivity index (χ1) is 7.67. The molecule has 0 aromatic carbocycles. The molecule has 0 saturated carbocycles. The van der Waals surface area contributed by atoms with Crippen LogP contribution in [0.1, 0.15) is 74.1 Å². The summed E-state index contributed by atoms with van der Waals surface area (Å²) in [6.07, 6.45) is 13.3. The van der Waals surface area contributed by atoms with Crippen molar-refractivity contribution in [1.82, 2.24) is 0 Å². The predicted octanol–water partition coefficient (Wildman–Crippen LogP) is 6.39. The minimum atomic E-state index is 0.986. The third kappa shape index (κ3) is 29.2. The molecule has 0 atom stereocenters. The monoisotopic (exact) mass is 226 g/mol. The van der Waals surface area contributed by atoms with Gasteiger partial charge < -0.3 is 0 Å². The second kappa shape index (κ2) is 24.0. The molecule has 0 aliphatic heterocycles. The van der Waals surface area contributed by atoms with Gasteiger partial charge in [0.2, 0.25) is 0 Å². The van der Waals surface area contributed by atoms with Crippen LogP contribution in [0.5, 0.6) is 0 Å². The minimum absolute atomic E-state index is 0.986. The molecule has 98 valence electrons.